The highest BCUT2D eigenvalue weighted by atomic mass is 32.2. The van der Waals surface area contributed by atoms with Crippen molar-refractivity contribution in [2.75, 3.05) is 0 Å². The first-order chi connectivity index (χ1) is 11.9. The molecule has 1 heterocycles. The summed E-state index contributed by atoms with van der Waals surface area (Å²) in [5.74, 6) is 0.628. The van der Waals surface area contributed by atoms with Crippen LogP contribution in [-0.2, 0) is 10.0 Å². The molecular formula is C19H26N2O3S. The number of aryl methyl sites for hydroxylation is 2. The number of nitrogens with zero attached hydrogens (tertiary/aromatic N) is 1. The summed E-state index contributed by atoms with van der Waals surface area (Å²) in [5.41, 5.74) is 3.23. The van der Waals surface area contributed by atoms with Crippen molar-refractivity contribution in [3.63, 3.8) is 0 Å². The Morgan fingerprint density at radius 3 is 2.36 bits per heavy atom. The van der Waals surface area contributed by atoms with Gasteiger partial charge >= 0.3 is 0 Å². The number of benzene rings is 1. The molecular weight excluding hydrogens is 336 g/mol. The summed E-state index contributed by atoms with van der Waals surface area (Å²) in [6, 6.07) is 5.44. The van der Waals surface area contributed by atoms with Crippen LogP contribution in [0.15, 0.2) is 27.6 Å². The minimum atomic E-state index is -3.56. The van der Waals surface area contributed by atoms with E-state index in [-0.39, 0.29) is 6.04 Å². The van der Waals surface area contributed by atoms with Crippen LogP contribution in [0.2, 0.25) is 0 Å². The third-order valence-corrected chi connectivity index (χ3v) is 6.74. The summed E-state index contributed by atoms with van der Waals surface area (Å²) in [6.45, 7) is 5.63. The van der Waals surface area contributed by atoms with Crippen molar-refractivity contribution in [2.24, 2.45) is 0 Å². The first kappa shape index (κ1) is 18.1. The van der Waals surface area contributed by atoms with E-state index >= 15 is 0 Å². The van der Waals surface area contributed by atoms with Crippen molar-refractivity contribution in [1.82, 2.24) is 9.88 Å². The van der Waals surface area contributed by atoms with Crippen molar-refractivity contribution >= 4 is 10.0 Å². The Hall–Kier alpha value is -1.66. The van der Waals surface area contributed by atoms with Crippen molar-refractivity contribution < 1.29 is 12.9 Å². The van der Waals surface area contributed by atoms with Crippen LogP contribution in [0.1, 0.15) is 55.3 Å². The number of sulfonamides is 1. The largest absolute Gasteiger partial charge is 0.356 e. The SMILES string of the molecule is Cc1ccc(-c2onc(C)c2C)cc1S(=O)(=O)NC1CCCCCC1. The summed E-state index contributed by atoms with van der Waals surface area (Å²) in [5, 5.41) is 3.97. The molecule has 5 nitrogen and oxygen atoms in total. The lowest BCUT2D eigenvalue weighted by Crippen LogP contribution is -2.34. The van der Waals surface area contributed by atoms with Gasteiger partial charge in [0, 0.05) is 17.2 Å². The van der Waals surface area contributed by atoms with Gasteiger partial charge in [-0.25, -0.2) is 13.1 Å². The van der Waals surface area contributed by atoms with Gasteiger partial charge in [-0.3, -0.25) is 0 Å². The third kappa shape index (κ3) is 3.96. The number of aromatic nitrogens is 1. The van der Waals surface area contributed by atoms with E-state index in [1.54, 1.807) is 6.07 Å². The highest BCUT2D eigenvalue weighted by Gasteiger charge is 2.24. The van der Waals surface area contributed by atoms with E-state index in [1.165, 1.54) is 12.8 Å². The molecule has 0 spiro atoms. The summed E-state index contributed by atoms with van der Waals surface area (Å²) < 4.78 is 34.2. The predicted molar refractivity (Wildman–Crippen MR) is 98.0 cm³/mol. The van der Waals surface area contributed by atoms with E-state index in [0.29, 0.717) is 10.7 Å². The molecule has 136 valence electrons. The van der Waals surface area contributed by atoms with Gasteiger partial charge in [0.2, 0.25) is 10.0 Å². The van der Waals surface area contributed by atoms with Crippen LogP contribution in [0.25, 0.3) is 11.3 Å². The summed E-state index contributed by atoms with van der Waals surface area (Å²) in [6.07, 6.45) is 6.38. The molecule has 1 saturated carbocycles. The zero-order valence-electron chi connectivity index (χ0n) is 15.1. The zero-order chi connectivity index (χ0) is 18.0. The van der Waals surface area contributed by atoms with Crippen LogP contribution < -0.4 is 4.72 Å². The number of nitrogens with one attached hydrogen (secondary N) is 1. The first-order valence-corrected chi connectivity index (χ1v) is 10.4. The van der Waals surface area contributed by atoms with Crippen LogP contribution in [-0.4, -0.2) is 19.6 Å². The van der Waals surface area contributed by atoms with Gasteiger partial charge in [0.05, 0.1) is 10.6 Å². The van der Waals surface area contributed by atoms with Crippen molar-refractivity contribution in [3.05, 3.63) is 35.0 Å². The molecule has 1 aromatic carbocycles. The minimum absolute atomic E-state index is 0.0322. The number of hydrogen-bond acceptors (Lipinski definition) is 4. The van der Waals surface area contributed by atoms with Gasteiger partial charge in [-0.1, -0.05) is 43.0 Å². The summed E-state index contributed by atoms with van der Waals surface area (Å²) in [7, 11) is -3.56. The average Bonchev–Trinajstić information content (AvgIpc) is 2.77. The van der Waals surface area contributed by atoms with Gasteiger partial charge < -0.3 is 4.52 Å². The zero-order valence-corrected chi connectivity index (χ0v) is 15.9. The Kier molecular flexibility index (Phi) is 5.29. The van der Waals surface area contributed by atoms with Crippen LogP contribution in [0.3, 0.4) is 0 Å². The highest BCUT2D eigenvalue weighted by molar-refractivity contribution is 7.89. The minimum Gasteiger partial charge on any atom is -0.356 e. The van der Waals surface area contributed by atoms with Gasteiger partial charge in [0.25, 0.3) is 0 Å². The maximum Gasteiger partial charge on any atom is 0.241 e. The molecule has 0 saturated heterocycles. The van der Waals surface area contributed by atoms with E-state index in [1.807, 2.05) is 32.9 Å². The van der Waals surface area contributed by atoms with Gasteiger partial charge in [-0.2, -0.15) is 0 Å². The van der Waals surface area contributed by atoms with Gasteiger partial charge in [0.1, 0.15) is 0 Å². The predicted octanol–water partition coefficient (Wildman–Crippen LogP) is 4.27. The molecule has 0 bridgehead atoms. The van der Waals surface area contributed by atoms with Gasteiger partial charge in [-0.05, 0) is 45.2 Å². The fourth-order valence-electron chi connectivity index (χ4n) is 3.40. The quantitative estimate of drug-likeness (QED) is 0.825. The second-order valence-electron chi connectivity index (χ2n) is 7.01. The Morgan fingerprint density at radius 2 is 1.76 bits per heavy atom. The van der Waals surface area contributed by atoms with Crippen molar-refractivity contribution in [2.45, 2.75) is 70.2 Å². The maximum atomic E-state index is 12.9. The molecule has 2 aromatic rings. The standard InChI is InChI=1S/C19H26N2O3S/c1-13-10-11-16(19-14(2)15(3)20-24-19)12-18(13)25(22,23)21-17-8-6-4-5-7-9-17/h10-12,17,21H,4-9H2,1-3H3. The number of rotatable bonds is 4. The molecule has 1 N–H and O–H groups in total. The molecule has 0 aliphatic heterocycles. The highest BCUT2D eigenvalue weighted by Crippen LogP contribution is 2.29. The van der Waals surface area contributed by atoms with E-state index in [0.717, 1.165) is 48.1 Å². The normalized spacial score (nSPS) is 16.8. The Morgan fingerprint density at radius 1 is 1.08 bits per heavy atom. The molecule has 1 aromatic heterocycles. The molecule has 3 rings (SSSR count). The van der Waals surface area contributed by atoms with E-state index in [2.05, 4.69) is 9.88 Å². The monoisotopic (exact) mass is 362 g/mol. The molecule has 0 atom stereocenters. The fraction of sp³-hybridized carbons (Fsp3) is 0.526. The van der Waals surface area contributed by atoms with Crippen LogP contribution in [0.4, 0.5) is 0 Å². The van der Waals surface area contributed by atoms with Gasteiger partial charge in [-0.15, -0.1) is 0 Å². The first-order valence-electron chi connectivity index (χ1n) is 8.95. The lowest BCUT2D eigenvalue weighted by atomic mass is 10.1. The van der Waals surface area contributed by atoms with Gasteiger partial charge in [0.15, 0.2) is 5.76 Å². The molecule has 6 heteroatoms. The molecule has 1 fully saturated rings. The second-order valence-corrected chi connectivity index (χ2v) is 8.69. The van der Waals surface area contributed by atoms with Crippen molar-refractivity contribution in [1.29, 1.82) is 0 Å². The third-order valence-electron chi connectivity index (χ3n) is 5.07. The second kappa shape index (κ2) is 7.30. The lowest BCUT2D eigenvalue weighted by molar-refractivity contribution is 0.426. The van der Waals surface area contributed by atoms with Crippen molar-refractivity contribution in [3.8, 4) is 11.3 Å². The van der Waals surface area contributed by atoms with E-state index in [4.69, 9.17) is 4.52 Å². The Labute approximate surface area is 149 Å². The Balaban J connectivity index is 1.92. The Bertz CT molecular complexity index is 848. The summed E-state index contributed by atoms with van der Waals surface area (Å²) >= 11 is 0. The molecule has 1 aliphatic rings. The molecule has 0 amide bonds. The molecule has 25 heavy (non-hydrogen) atoms. The van der Waals surface area contributed by atoms with E-state index in [9.17, 15) is 8.42 Å². The molecule has 0 radical (unpaired) electrons. The lowest BCUT2D eigenvalue weighted by Gasteiger charge is -2.18. The van der Waals surface area contributed by atoms with Crippen LogP contribution >= 0.6 is 0 Å². The fourth-order valence-corrected chi connectivity index (χ4v) is 4.97. The smallest absolute Gasteiger partial charge is 0.241 e. The number of hydrogen-bond donors (Lipinski definition) is 1. The summed E-state index contributed by atoms with van der Waals surface area (Å²) in [4.78, 5) is 0.322. The van der Waals surface area contributed by atoms with Crippen LogP contribution in [0.5, 0.6) is 0 Å². The average molecular weight is 362 g/mol. The topological polar surface area (TPSA) is 72.2 Å². The maximum absolute atomic E-state index is 12.9. The van der Waals surface area contributed by atoms with E-state index < -0.39 is 10.0 Å². The van der Waals surface area contributed by atoms with Crippen LogP contribution in [0, 0.1) is 20.8 Å². The molecule has 1 aliphatic carbocycles. The molecule has 0 unspecified atom stereocenters.